The molecule has 0 atom stereocenters. The lowest BCUT2D eigenvalue weighted by atomic mass is 9.78. The van der Waals surface area contributed by atoms with Crippen molar-refractivity contribution in [2.45, 2.75) is 44.9 Å². The molecule has 0 aliphatic heterocycles. The first-order chi connectivity index (χ1) is 12.9. The van der Waals surface area contributed by atoms with Crippen molar-refractivity contribution < 1.29 is 18.7 Å². The molecule has 0 unspecified atom stereocenters. The van der Waals surface area contributed by atoms with Crippen LogP contribution in [0.5, 0.6) is 0 Å². The van der Waals surface area contributed by atoms with E-state index in [4.69, 9.17) is 4.74 Å². The summed E-state index contributed by atoms with van der Waals surface area (Å²) >= 11 is 0. The average Bonchev–Trinajstić information content (AvgIpc) is 3.14. The molecule has 1 aliphatic carbocycles. The Balaban J connectivity index is 1.67. The summed E-state index contributed by atoms with van der Waals surface area (Å²) in [4.78, 5) is 25.0. The highest BCUT2D eigenvalue weighted by molar-refractivity contribution is 5.94. The van der Waals surface area contributed by atoms with Gasteiger partial charge in [0.2, 0.25) is 0 Å². The molecule has 1 aliphatic rings. The van der Waals surface area contributed by atoms with Gasteiger partial charge in [-0.15, -0.1) is 0 Å². The van der Waals surface area contributed by atoms with Gasteiger partial charge in [-0.25, -0.2) is 4.39 Å². The van der Waals surface area contributed by atoms with Crippen molar-refractivity contribution >= 4 is 17.6 Å². The van der Waals surface area contributed by atoms with Crippen LogP contribution in [0.3, 0.4) is 0 Å². The van der Waals surface area contributed by atoms with E-state index in [0.717, 1.165) is 24.0 Å². The van der Waals surface area contributed by atoms with E-state index in [-0.39, 0.29) is 6.61 Å². The summed E-state index contributed by atoms with van der Waals surface area (Å²) in [6.45, 7) is 3.57. The number of esters is 1. The largest absolute Gasteiger partial charge is 0.455 e. The Bertz CT molecular complexity index is 856. The molecule has 0 saturated heterocycles. The standard InChI is InChI=1S/C22H24FNO3/c1-15-9-10-17(13-16(15)2)24-20(25)14-27-21(26)22(11-5-6-12-22)18-7-3-4-8-19(18)23/h3-4,7-10,13H,5-6,11-12,14H2,1-2H3,(H,24,25). The van der Waals surface area contributed by atoms with E-state index >= 15 is 0 Å². The molecular weight excluding hydrogens is 345 g/mol. The average molecular weight is 369 g/mol. The second kappa shape index (κ2) is 7.91. The number of anilines is 1. The van der Waals surface area contributed by atoms with Gasteiger partial charge in [-0.3, -0.25) is 9.59 Å². The maximum atomic E-state index is 14.3. The molecule has 1 N–H and O–H groups in total. The molecule has 4 nitrogen and oxygen atoms in total. The van der Waals surface area contributed by atoms with Crippen LogP contribution >= 0.6 is 0 Å². The van der Waals surface area contributed by atoms with Crippen LogP contribution in [0.1, 0.15) is 42.4 Å². The van der Waals surface area contributed by atoms with Crippen molar-refractivity contribution in [3.63, 3.8) is 0 Å². The second-order valence-corrected chi connectivity index (χ2v) is 7.19. The normalized spacial score (nSPS) is 15.4. The summed E-state index contributed by atoms with van der Waals surface area (Å²) in [6.07, 6.45) is 2.73. The topological polar surface area (TPSA) is 55.4 Å². The molecule has 1 saturated carbocycles. The summed E-state index contributed by atoms with van der Waals surface area (Å²) in [6, 6.07) is 11.9. The van der Waals surface area contributed by atoms with E-state index in [1.165, 1.54) is 6.07 Å². The van der Waals surface area contributed by atoms with Gasteiger partial charge in [0.25, 0.3) is 5.91 Å². The predicted molar refractivity (Wildman–Crippen MR) is 102 cm³/mol. The lowest BCUT2D eigenvalue weighted by Crippen LogP contribution is -2.37. The maximum absolute atomic E-state index is 14.3. The quantitative estimate of drug-likeness (QED) is 0.793. The van der Waals surface area contributed by atoms with E-state index in [2.05, 4.69) is 5.32 Å². The zero-order chi connectivity index (χ0) is 19.4. The first-order valence-electron chi connectivity index (χ1n) is 9.22. The molecule has 2 aromatic rings. The Labute approximate surface area is 158 Å². The molecule has 0 heterocycles. The molecule has 0 aromatic heterocycles. The minimum absolute atomic E-state index is 0.363. The molecule has 1 fully saturated rings. The third kappa shape index (κ3) is 4.02. The van der Waals surface area contributed by atoms with E-state index in [9.17, 15) is 14.0 Å². The van der Waals surface area contributed by atoms with Crippen molar-refractivity contribution in [2.24, 2.45) is 0 Å². The molecule has 0 bridgehead atoms. The van der Waals surface area contributed by atoms with Crippen molar-refractivity contribution in [3.05, 3.63) is 65.0 Å². The summed E-state index contributed by atoms with van der Waals surface area (Å²) in [5, 5.41) is 2.73. The molecule has 2 aromatic carbocycles. The Hall–Kier alpha value is -2.69. The highest BCUT2D eigenvalue weighted by Crippen LogP contribution is 2.43. The Morgan fingerprint density at radius 2 is 1.78 bits per heavy atom. The molecule has 0 spiro atoms. The van der Waals surface area contributed by atoms with Crippen molar-refractivity contribution in [3.8, 4) is 0 Å². The third-order valence-corrected chi connectivity index (χ3v) is 5.36. The number of hydrogen-bond acceptors (Lipinski definition) is 3. The number of aryl methyl sites for hydroxylation is 2. The van der Waals surface area contributed by atoms with Gasteiger partial charge in [-0.2, -0.15) is 0 Å². The van der Waals surface area contributed by atoms with Crippen molar-refractivity contribution in [1.29, 1.82) is 0 Å². The summed E-state index contributed by atoms with van der Waals surface area (Å²) in [5.41, 5.74) is 2.22. The van der Waals surface area contributed by atoms with Gasteiger partial charge >= 0.3 is 5.97 Å². The number of halogens is 1. The first kappa shape index (κ1) is 19.1. The minimum Gasteiger partial charge on any atom is -0.455 e. The van der Waals surface area contributed by atoms with Crippen LogP contribution in [0.25, 0.3) is 0 Å². The Morgan fingerprint density at radius 3 is 2.44 bits per heavy atom. The van der Waals surface area contributed by atoms with Crippen LogP contribution < -0.4 is 5.32 Å². The van der Waals surface area contributed by atoms with Gasteiger partial charge < -0.3 is 10.1 Å². The SMILES string of the molecule is Cc1ccc(NC(=O)COC(=O)C2(c3ccccc3F)CCCC2)cc1C. The van der Waals surface area contributed by atoms with E-state index in [0.29, 0.717) is 24.1 Å². The molecule has 5 heteroatoms. The summed E-state index contributed by atoms with van der Waals surface area (Å²) in [7, 11) is 0. The number of benzene rings is 2. The number of hydrogen-bond donors (Lipinski definition) is 1. The number of carbonyl (C=O) groups excluding carboxylic acids is 2. The number of nitrogens with one attached hydrogen (secondary N) is 1. The second-order valence-electron chi connectivity index (χ2n) is 7.19. The van der Waals surface area contributed by atoms with Gasteiger partial charge in [-0.1, -0.05) is 37.1 Å². The smallest absolute Gasteiger partial charge is 0.317 e. The van der Waals surface area contributed by atoms with Gasteiger partial charge in [0.15, 0.2) is 6.61 Å². The zero-order valence-corrected chi connectivity index (χ0v) is 15.7. The van der Waals surface area contributed by atoms with Crippen LogP contribution in [0.2, 0.25) is 0 Å². The lowest BCUT2D eigenvalue weighted by molar-refractivity contribution is -0.153. The lowest BCUT2D eigenvalue weighted by Gasteiger charge is -2.27. The fraction of sp³-hybridized carbons (Fsp3) is 0.364. The van der Waals surface area contributed by atoms with Gasteiger partial charge in [-0.05, 0) is 56.0 Å². The van der Waals surface area contributed by atoms with Crippen LogP contribution in [0.4, 0.5) is 10.1 Å². The Kier molecular flexibility index (Phi) is 5.59. The predicted octanol–water partition coefficient (Wildman–Crippen LogP) is 4.44. The number of amides is 1. The van der Waals surface area contributed by atoms with Gasteiger partial charge in [0, 0.05) is 11.3 Å². The fourth-order valence-corrected chi connectivity index (χ4v) is 3.70. The van der Waals surface area contributed by atoms with E-state index in [1.807, 2.05) is 26.0 Å². The first-order valence-corrected chi connectivity index (χ1v) is 9.22. The highest BCUT2D eigenvalue weighted by atomic mass is 19.1. The van der Waals surface area contributed by atoms with Crippen molar-refractivity contribution in [2.75, 3.05) is 11.9 Å². The monoisotopic (exact) mass is 369 g/mol. The van der Waals surface area contributed by atoms with E-state index in [1.54, 1.807) is 24.3 Å². The van der Waals surface area contributed by atoms with Crippen LogP contribution in [-0.2, 0) is 19.7 Å². The molecule has 1 amide bonds. The number of rotatable bonds is 5. The summed E-state index contributed by atoms with van der Waals surface area (Å²) < 4.78 is 19.6. The maximum Gasteiger partial charge on any atom is 0.317 e. The fourth-order valence-electron chi connectivity index (χ4n) is 3.70. The molecule has 0 radical (unpaired) electrons. The zero-order valence-electron chi connectivity index (χ0n) is 15.7. The molecule has 27 heavy (non-hydrogen) atoms. The summed E-state index contributed by atoms with van der Waals surface area (Å²) in [5.74, 6) is -1.34. The number of ether oxygens (including phenoxy) is 1. The molecule has 3 rings (SSSR count). The highest BCUT2D eigenvalue weighted by Gasteiger charge is 2.45. The van der Waals surface area contributed by atoms with Crippen LogP contribution in [0, 0.1) is 19.7 Å². The van der Waals surface area contributed by atoms with E-state index < -0.39 is 23.1 Å². The van der Waals surface area contributed by atoms with Crippen molar-refractivity contribution in [1.82, 2.24) is 0 Å². The minimum atomic E-state index is -0.994. The number of carbonyl (C=O) groups is 2. The Morgan fingerprint density at radius 1 is 1.07 bits per heavy atom. The molecule has 142 valence electrons. The van der Waals surface area contributed by atoms with Crippen LogP contribution in [-0.4, -0.2) is 18.5 Å². The third-order valence-electron chi connectivity index (χ3n) is 5.36. The van der Waals surface area contributed by atoms with Crippen LogP contribution in [0.15, 0.2) is 42.5 Å². The van der Waals surface area contributed by atoms with Gasteiger partial charge in [0.1, 0.15) is 5.82 Å². The van der Waals surface area contributed by atoms with Gasteiger partial charge in [0.05, 0.1) is 5.41 Å². The molecular formula is C22H24FNO3.